The van der Waals surface area contributed by atoms with Crippen molar-refractivity contribution in [3.63, 3.8) is 0 Å². The predicted octanol–water partition coefficient (Wildman–Crippen LogP) is 3.25. The Morgan fingerprint density at radius 1 is 1.15 bits per heavy atom. The number of pyridine rings is 1. The van der Waals surface area contributed by atoms with Crippen LogP contribution in [0.4, 0.5) is 19.0 Å². The number of nitrogens with zero attached hydrogens (tertiary/aromatic N) is 3. The standard InChI is InChI=1S/C19H22F3N3O/c20-15-6-3-9-23-16(15)24-10-7-18(12-24)13-25(11-8-19(18,21)22)17(26)14-4-1-2-5-14/h1-3,6,9,14H,4-5,7-8,10-13H2. The van der Waals surface area contributed by atoms with E-state index in [-0.39, 0.29) is 50.1 Å². The van der Waals surface area contributed by atoms with E-state index < -0.39 is 17.2 Å². The summed E-state index contributed by atoms with van der Waals surface area (Å²) in [6, 6.07) is 2.77. The number of aromatic nitrogens is 1. The smallest absolute Gasteiger partial charge is 0.258 e. The van der Waals surface area contributed by atoms with Crippen LogP contribution in [0.1, 0.15) is 25.7 Å². The van der Waals surface area contributed by atoms with Crippen LogP contribution in [0.2, 0.25) is 0 Å². The first-order valence-corrected chi connectivity index (χ1v) is 9.09. The second-order valence-corrected chi connectivity index (χ2v) is 7.61. The van der Waals surface area contributed by atoms with Gasteiger partial charge >= 0.3 is 0 Å². The Morgan fingerprint density at radius 3 is 2.65 bits per heavy atom. The monoisotopic (exact) mass is 365 g/mol. The molecule has 1 aromatic rings. The van der Waals surface area contributed by atoms with Crippen LogP contribution in [0, 0.1) is 17.2 Å². The number of halogens is 3. The Morgan fingerprint density at radius 2 is 1.92 bits per heavy atom. The lowest BCUT2D eigenvalue weighted by atomic mass is 9.75. The first-order chi connectivity index (χ1) is 12.4. The molecular formula is C19H22F3N3O. The number of anilines is 1. The van der Waals surface area contributed by atoms with Crippen LogP contribution in [0.25, 0.3) is 0 Å². The molecule has 1 spiro atoms. The fourth-order valence-electron chi connectivity index (χ4n) is 4.46. The van der Waals surface area contributed by atoms with Crippen LogP contribution in [0.5, 0.6) is 0 Å². The molecule has 1 atom stereocenters. The second kappa shape index (κ2) is 6.28. The minimum Gasteiger partial charge on any atom is -0.353 e. The molecule has 0 radical (unpaired) electrons. The van der Waals surface area contributed by atoms with E-state index in [9.17, 15) is 18.0 Å². The van der Waals surface area contributed by atoms with Crippen molar-refractivity contribution in [2.75, 3.05) is 31.1 Å². The maximum Gasteiger partial charge on any atom is 0.258 e. The highest BCUT2D eigenvalue weighted by Crippen LogP contribution is 2.50. The Balaban J connectivity index is 1.55. The van der Waals surface area contributed by atoms with Gasteiger partial charge in [-0.1, -0.05) is 12.2 Å². The largest absolute Gasteiger partial charge is 0.353 e. The minimum absolute atomic E-state index is 0.0145. The van der Waals surface area contributed by atoms with Crippen LogP contribution < -0.4 is 4.90 Å². The number of carbonyl (C=O) groups excluding carboxylic acids is 1. The van der Waals surface area contributed by atoms with Gasteiger partial charge in [-0.15, -0.1) is 0 Å². The van der Waals surface area contributed by atoms with Crippen LogP contribution in [0.3, 0.4) is 0 Å². The molecule has 4 rings (SSSR count). The topological polar surface area (TPSA) is 36.4 Å². The van der Waals surface area contributed by atoms with Gasteiger partial charge in [0.15, 0.2) is 11.6 Å². The van der Waals surface area contributed by atoms with Gasteiger partial charge in [-0.05, 0) is 31.4 Å². The summed E-state index contributed by atoms with van der Waals surface area (Å²) in [6.45, 7) is 0.444. The molecule has 1 aromatic heterocycles. The summed E-state index contributed by atoms with van der Waals surface area (Å²) in [5.74, 6) is -3.42. The van der Waals surface area contributed by atoms with Gasteiger partial charge in [0, 0.05) is 44.7 Å². The highest BCUT2D eigenvalue weighted by atomic mass is 19.3. The van der Waals surface area contributed by atoms with Crippen molar-refractivity contribution in [2.24, 2.45) is 11.3 Å². The fraction of sp³-hybridized carbons (Fsp3) is 0.579. The highest BCUT2D eigenvalue weighted by molar-refractivity contribution is 5.80. The lowest BCUT2D eigenvalue weighted by Crippen LogP contribution is -2.59. The van der Waals surface area contributed by atoms with Crippen molar-refractivity contribution < 1.29 is 18.0 Å². The first kappa shape index (κ1) is 17.4. The lowest BCUT2D eigenvalue weighted by Gasteiger charge is -2.46. The SMILES string of the molecule is O=C(C1CC=CC1)N1CCC(F)(F)C2(CCN(c3ncccc3F)C2)C1. The first-order valence-electron chi connectivity index (χ1n) is 9.09. The Hall–Kier alpha value is -2.05. The van der Waals surface area contributed by atoms with Crippen molar-refractivity contribution in [1.82, 2.24) is 9.88 Å². The summed E-state index contributed by atoms with van der Waals surface area (Å²) >= 11 is 0. The number of hydrogen-bond donors (Lipinski definition) is 0. The summed E-state index contributed by atoms with van der Waals surface area (Å²) in [4.78, 5) is 19.9. The molecule has 1 amide bonds. The second-order valence-electron chi connectivity index (χ2n) is 7.61. The number of carbonyl (C=O) groups is 1. The van der Waals surface area contributed by atoms with Gasteiger partial charge in [0.1, 0.15) is 0 Å². The summed E-state index contributed by atoms with van der Waals surface area (Å²) < 4.78 is 43.8. The van der Waals surface area contributed by atoms with E-state index in [0.717, 1.165) is 0 Å². The predicted molar refractivity (Wildman–Crippen MR) is 91.5 cm³/mol. The number of allylic oxidation sites excluding steroid dienone is 2. The number of rotatable bonds is 2. The van der Waals surface area contributed by atoms with Gasteiger partial charge in [0.25, 0.3) is 5.92 Å². The molecule has 1 unspecified atom stereocenters. The molecule has 3 aliphatic rings. The Labute approximate surface area is 150 Å². The molecule has 0 aromatic carbocycles. The van der Waals surface area contributed by atoms with E-state index in [1.807, 2.05) is 12.2 Å². The molecule has 1 aliphatic carbocycles. The molecule has 140 valence electrons. The average Bonchev–Trinajstić information content (AvgIpc) is 3.28. The van der Waals surface area contributed by atoms with Crippen LogP contribution >= 0.6 is 0 Å². The van der Waals surface area contributed by atoms with Gasteiger partial charge in [-0.3, -0.25) is 4.79 Å². The third-order valence-electron chi connectivity index (χ3n) is 6.03. The fourth-order valence-corrected chi connectivity index (χ4v) is 4.46. The highest BCUT2D eigenvalue weighted by Gasteiger charge is 2.60. The van der Waals surface area contributed by atoms with Crippen molar-refractivity contribution in [3.05, 3.63) is 36.3 Å². The molecule has 2 saturated heterocycles. The number of piperidine rings is 1. The van der Waals surface area contributed by atoms with E-state index in [1.54, 1.807) is 9.80 Å². The average molecular weight is 365 g/mol. The number of amides is 1. The molecule has 4 nitrogen and oxygen atoms in total. The van der Waals surface area contributed by atoms with E-state index in [2.05, 4.69) is 4.98 Å². The zero-order chi connectivity index (χ0) is 18.4. The molecule has 2 aliphatic heterocycles. The normalized spacial score (nSPS) is 28.3. The van der Waals surface area contributed by atoms with E-state index in [0.29, 0.717) is 19.4 Å². The quantitative estimate of drug-likeness (QED) is 0.755. The van der Waals surface area contributed by atoms with Gasteiger partial charge < -0.3 is 9.80 Å². The summed E-state index contributed by atoms with van der Waals surface area (Å²) in [5.41, 5.74) is -1.34. The molecule has 3 heterocycles. The Bertz CT molecular complexity index is 730. The zero-order valence-electron chi connectivity index (χ0n) is 14.5. The van der Waals surface area contributed by atoms with Crippen molar-refractivity contribution in [2.45, 2.75) is 31.6 Å². The van der Waals surface area contributed by atoms with Crippen molar-refractivity contribution >= 4 is 11.7 Å². The van der Waals surface area contributed by atoms with Gasteiger partial charge in [0.2, 0.25) is 5.91 Å². The van der Waals surface area contributed by atoms with Crippen LogP contribution in [-0.4, -0.2) is 47.9 Å². The van der Waals surface area contributed by atoms with E-state index >= 15 is 0 Å². The molecule has 2 fully saturated rings. The van der Waals surface area contributed by atoms with E-state index in [1.165, 1.54) is 18.3 Å². The summed E-state index contributed by atoms with van der Waals surface area (Å²) in [5, 5.41) is 0. The number of alkyl halides is 2. The zero-order valence-corrected chi connectivity index (χ0v) is 14.5. The summed E-state index contributed by atoms with van der Waals surface area (Å²) in [7, 11) is 0. The third-order valence-corrected chi connectivity index (χ3v) is 6.03. The van der Waals surface area contributed by atoms with E-state index in [4.69, 9.17) is 0 Å². The lowest BCUT2D eigenvalue weighted by molar-refractivity contribution is -0.171. The third kappa shape index (κ3) is 2.77. The molecule has 0 N–H and O–H groups in total. The number of hydrogen-bond acceptors (Lipinski definition) is 3. The van der Waals surface area contributed by atoms with Crippen LogP contribution in [-0.2, 0) is 4.79 Å². The molecule has 7 heteroatoms. The minimum atomic E-state index is -2.88. The maximum atomic E-state index is 14.9. The molecular weight excluding hydrogens is 343 g/mol. The van der Waals surface area contributed by atoms with Gasteiger partial charge in [0.05, 0.1) is 5.41 Å². The van der Waals surface area contributed by atoms with Crippen molar-refractivity contribution in [1.29, 1.82) is 0 Å². The Kier molecular flexibility index (Phi) is 4.20. The molecule has 0 bridgehead atoms. The van der Waals surface area contributed by atoms with Crippen molar-refractivity contribution in [3.8, 4) is 0 Å². The summed E-state index contributed by atoms with van der Waals surface area (Å²) in [6.07, 6.45) is 6.66. The van der Waals surface area contributed by atoms with Gasteiger partial charge in [-0.25, -0.2) is 18.2 Å². The number of likely N-dealkylation sites (tertiary alicyclic amines) is 1. The molecule has 0 saturated carbocycles. The molecule has 26 heavy (non-hydrogen) atoms. The van der Waals surface area contributed by atoms with Gasteiger partial charge in [-0.2, -0.15) is 0 Å². The van der Waals surface area contributed by atoms with Crippen LogP contribution in [0.15, 0.2) is 30.5 Å². The maximum absolute atomic E-state index is 14.9.